The number of hydrogen-bond acceptors (Lipinski definition) is 2. The summed E-state index contributed by atoms with van der Waals surface area (Å²) in [4.78, 5) is 0. The van der Waals surface area contributed by atoms with E-state index < -0.39 is 0 Å². The lowest BCUT2D eigenvalue weighted by molar-refractivity contribution is 0.307. The van der Waals surface area contributed by atoms with Crippen LogP contribution < -0.4 is 9.47 Å². The van der Waals surface area contributed by atoms with Gasteiger partial charge >= 0.3 is 0 Å². The first-order chi connectivity index (χ1) is 11.8. The van der Waals surface area contributed by atoms with Gasteiger partial charge in [0.1, 0.15) is 18.1 Å². The fourth-order valence-corrected chi connectivity index (χ4v) is 2.56. The van der Waals surface area contributed by atoms with Crippen LogP contribution in [0.3, 0.4) is 0 Å². The van der Waals surface area contributed by atoms with Crippen LogP contribution in [-0.4, -0.2) is 7.11 Å². The normalized spacial score (nSPS) is 10.0. The van der Waals surface area contributed by atoms with Gasteiger partial charge in [0.15, 0.2) is 0 Å². The molecule has 0 saturated heterocycles. The Morgan fingerprint density at radius 1 is 0.833 bits per heavy atom. The molecule has 0 spiro atoms. The van der Waals surface area contributed by atoms with E-state index in [2.05, 4.69) is 5.92 Å². The fraction of sp³-hybridized carbons (Fsp3) is 0.0909. The highest BCUT2D eigenvalue weighted by atomic mass is 16.5. The fourth-order valence-electron chi connectivity index (χ4n) is 2.56. The van der Waals surface area contributed by atoms with Gasteiger partial charge in [-0.05, 0) is 29.8 Å². The predicted octanol–water partition coefficient (Wildman–Crippen LogP) is 4.92. The summed E-state index contributed by atoms with van der Waals surface area (Å²) < 4.78 is 11.5. The number of terminal acetylenes is 1. The Kier molecular flexibility index (Phi) is 4.84. The van der Waals surface area contributed by atoms with Crippen LogP contribution in [0.25, 0.3) is 11.1 Å². The second kappa shape index (κ2) is 7.39. The molecule has 24 heavy (non-hydrogen) atoms. The molecule has 0 amide bonds. The Bertz CT molecular complexity index is 861. The molecule has 0 bridgehead atoms. The lowest BCUT2D eigenvalue weighted by atomic mass is 10.0. The third kappa shape index (κ3) is 3.42. The zero-order valence-corrected chi connectivity index (χ0v) is 13.5. The molecule has 0 heterocycles. The summed E-state index contributed by atoms with van der Waals surface area (Å²) in [6.45, 7) is 0.498. The van der Waals surface area contributed by atoms with Crippen LogP contribution in [0.4, 0.5) is 0 Å². The van der Waals surface area contributed by atoms with E-state index in [4.69, 9.17) is 15.9 Å². The summed E-state index contributed by atoms with van der Waals surface area (Å²) in [7, 11) is 1.66. The number of hydrogen-bond donors (Lipinski definition) is 0. The zero-order valence-electron chi connectivity index (χ0n) is 13.5. The molecule has 3 rings (SSSR count). The van der Waals surface area contributed by atoms with Crippen molar-refractivity contribution in [3.63, 3.8) is 0 Å². The summed E-state index contributed by atoms with van der Waals surface area (Å²) in [6.07, 6.45) is 5.56. The van der Waals surface area contributed by atoms with E-state index in [0.717, 1.165) is 33.8 Å². The Labute approximate surface area is 142 Å². The van der Waals surface area contributed by atoms with Crippen LogP contribution in [-0.2, 0) is 6.61 Å². The van der Waals surface area contributed by atoms with Crippen molar-refractivity contribution in [3.8, 4) is 35.0 Å². The van der Waals surface area contributed by atoms with E-state index in [1.54, 1.807) is 7.11 Å². The van der Waals surface area contributed by atoms with Crippen LogP contribution >= 0.6 is 0 Å². The van der Waals surface area contributed by atoms with Crippen molar-refractivity contribution >= 4 is 0 Å². The Morgan fingerprint density at radius 2 is 1.58 bits per heavy atom. The van der Waals surface area contributed by atoms with E-state index in [1.165, 1.54) is 0 Å². The van der Waals surface area contributed by atoms with Crippen molar-refractivity contribution in [2.75, 3.05) is 7.11 Å². The average Bonchev–Trinajstić information content (AvgIpc) is 2.67. The molecule has 2 heteroatoms. The van der Waals surface area contributed by atoms with Gasteiger partial charge in [-0.1, -0.05) is 54.5 Å². The van der Waals surface area contributed by atoms with Crippen molar-refractivity contribution in [3.05, 3.63) is 83.9 Å². The van der Waals surface area contributed by atoms with E-state index in [-0.39, 0.29) is 0 Å². The molecule has 0 aliphatic heterocycles. The maximum atomic E-state index is 6.05. The van der Waals surface area contributed by atoms with Gasteiger partial charge in [0.05, 0.1) is 7.11 Å². The molecule has 0 saturated carbocycles. The van der Waals surface area contributed by atoms with Gasteiger partial charge in [0, 0.05) is 16.7 Å². The Hall–Kier alpha value is -3.18. The van der Waals surface area contributed by atoms with Gasteiger partial charge in [0.2, 0.25) is 0 Å². The Balaban J connectivity index is 1.99. The third-order valence-corrected chi connectivity index (χ3v) is 3.78. The smallest absolute Gasteiger partial charge is 0.127 e. The molecule has 3 aromatic rings. The van der Waals surface area contributed by atoms with E-state index in [0.29, 0.717) is 6.61 Å². The molecule has 0 atom stereocenters. The monoisotopic (exact) mass is 314 g/mol. The minimum Gasteiger partial charge on any atom is -0.496 e. The van der Waals surface area contributed by atoms with E-state index in [1.807, 2.05) is 72.8 Å². The highest BCUT2D eigenvalue weighted by Gasteiger charge is 2.12. The van der Waals surface area contributed by atoms with Crippen molar-refractivity contribution in [1.82, 2.24) is 0 Å². The van der Waals surface area contributed by atoms with Crippen LogP contribution in [0.2, 0.25) is 0 Å². The van der Waals surface area contributed by atoms with Crippen LogP contribution in [0.15, 0.2) is 72.8 Å². The van der Waals surface area contributed by atoms with Gasteiger partial charge in [-0.25, -0.2) is 0 Å². The van der Waals surface area contributed by atoms with Gasteiger partial charge in [-0.15, -0.1) is 6.42 Å². The molecule has 118 valence electrons. The molecule has 2 nitrogen and oxygen atoms in total. The third-order valence-electron chi connectivity index (χ3n) is 3.78. The highest BCUT2D eigenvalue weighted by molar-refractivity contribution is 5.77. The van der Waals surface area contributed by atoms with Gasteiger partial charge in [-0.3, -0.25) is 0 Å². The number of rotatable bonds is 5. The quantitative estimate of drug-likeness (QED) is 0.622. The van der Waals surface area contributed by atoms with Crippen molar-refractivity contribution < 1.29 is 9.47 Å². The topological polar surface area (TPSA) is 18.5 Å². The maximum Gasteiger partial charge on any atom is 0.127 e. The summed E-state index contributed by atoms with van der Waals surface area (Å²) in [5, 5.41) is 0. The SMILES string of the molecule is C#Cc1ccc(OCc2ccccc2)c(-c2ccccc2OC)c1. The largest absolute Gasteiger partial charge is 0.496 e. The van der Waals surface area contributed by atoms with Crippen LogP contribution in [0.5, 0.6) is 11.5 Å². The van der Waals surface area contributed by atoms with Crippen molar-refractivity contribution in [2.24, 2.45) is 0 Å². The summed E-state index contributed by atoms with van der Waals surface area (Å²) in [6, 6.07) is 23.7. The molecule has 0 aliphatic rings. The minimum atomic E-state index is 0.498. The van der Waals surface area contributed by atoms with Gasteiger partial charge in [0.25, 0.3) is 0 Å². The molecule has 0 unspecified atom stereocenters. The number of ether oxygens (including phenoxy) is 2. The zero-order chi connectivity index (χ0) is 16.8. The first-order valence-corrected chi connectivity index (χ1v) is 7.72. The molecule has 0 N–H and O–H groups in total. The lowest BCUT2D eigenvalue weighted by Gasteiger charge is -2.15. The molecule has 0 fully saturated rings. The van der Waals surface area contributed by atoms with Crippen molar-refractivity contribution in [2.45, 2.75) is 6.61 Å². The molecule has 0 aromatic heterocycles. The second-order valence-electron chi connectivity index (χ2n) is 5.33. The molecule has 0 aliphatic carbocycles. The summed E-state index contributed by atoms with van der Waals surface area (Å²) in [5.74, 6) is 4.25. The van der Waals surface area contributed by atoms with Gasteiger partial charge in [-0.2, -0.15) is 0 Å². The van der Waals surface area contributed by atoms with Crippen molar-refractivity contribution in [1.29, 1.82) is 0 Å². The maximum absolute atomic E-state index is 6.05. The first kappa shape index (κ1) is 15.7. The Morgan fingerprint density at radius 3 is 2.33 bits per heavy atom. The van der Waals surface area contributed by atoms with Crippen LogP contribution in [0.1, 0.15) is 11.1 Å². The molecular formula is C22H18O2. The number of para-hydroxylation sites is 1. The summed E-state index contributed by atoms with van der Waals surface area (Å²) in [5.41, 5.74) is 3.81. The van der Waals surface area contributed by atoms with Gasteiger partial charge < -0.3 is 9.47 Å². The highest BCUT2D eigenvalue weighted by Crippen LogP contribution is 2.37. The van der Waals surface area contributed by atoms with E-state index >= 15 is 0 Å². The van der Waals surface area contributed by atoms with Crippen LogP contribution in [0, 0.1) is 12.3 Å². The predicted molar refractivity (Wildman–Crippen MR) is 97.1 cm³/mol. The molecule has 3 aromatic carbocycles. The second-order valence-corrected chi connectivity index (χ2v) is 5.33. The summed E-state index contributed by atoms with van der Waals surface area (Å²) >= 11 is 0. The lowest BCUT2D eigenvalue weighted by Crippen LogP contribution is -1.98. The first-order valence-electron chi connectivity index (χ1n) is 7.72. The standard InChI is InChI=1S/C22H18O2/c1-3-17-13-14-22(24-16-18-9-5-4-6-10-18)20(15-17)19-11-7-8-12-21(19)23-2/h1,4-15H,16H2,2H3. The number of methoxy groups -OCH3 is 1. The molecular weight excluding hydrogens is 296 g/mol. The average molecular weight is 314 g/mol. The minimum absolute atomic E-state index is 0.498. The van der Waals surface area contributed by atoms with E-state index in [9.17, 15) is 0 Å². The molecule has 0 radical (unpaired) electrons. The number of benzene rings is 3.